The van der Waals surface area contributed by atoms with Crippen molar-refractivity contribution in [1.82, 2.24) is 4.72 Å². The number of carboxylic acid groups (broad SMARTS) is 1. The maximum Gasteiger partial charge on any atom is 0.321 e. The van der Waals surface area contributed by atoms with Gasteiger partial charge in [0.25, 0.3) is 0 Å². The number of aliphatic carboxylic acids is 1. The Morgan fingerprint density at radius 1 is 1.45 bits per heavy atom. The molecule has 2 N–H and O–H groups in total. The predicted molar refractivity (Wildman–Crippen MR) is 86.6 cm³/mol. The van der Waals surface area contributed by atoms with E-state index >= 15 is 0 Å². The SMILES string of the molecule is CSCCC(NS(=O)(=O)c1cc(Br)ccc1Br)C(=O)O. The number of nitrogens with one attached hydrogen (secondary N) is 1. The highest BCUT2D eigenvalue weighted by Crippen LogP contribution is 2.25. The minimum atomic E-state index is -3.91. The molecule has 0 aliphatic rings. The van der Waals surface area contributed by atoms with E-state index in [1.165, 1.54) is 17.8 Å². The van der Waals surface area contributed by atoms with Gasteiger partial charge in [-0.1, -0.05) is 15.9 Å². The molecule has 0 radical (unpaired) electrons. The van der Waals surface area contributed by atoms with Gasteiger partial charge in [0.05, 0.1) is 4.90 Å². The molecule has 0 aliphatic carbocycles. The van der Waals surface area contributed by atoms with Crippen molar-refractivity contribution < 1.29 is 18.3 Å². The standard InChI is InChI=1S/C11H13Br2NO4S2/c1-19-5-4-9(11(15)16)14-20(17,18)10-6-7(12)2-3-8(10)13/h2-3,6,9,14H,4-5H2,1H3,(H,15,16). The van der Waals surface area contributed by atoms with Crippen molar-refractivity contribution in [2.75, 3.05) is 12.0 Å². The average Bonchev–Trinajstić information content (AvgIpc) is 2.36. The molecule has 0 aliphatic heterocycles. The Bertz CT molecular complexity index is 592. The summed E-state index contributed by atoms with van der Waals surface area (Å²) >= 11 is 7.81. The number of carboxylic acids is 1. The second-order valence-electron chi connectivity index (χ2n) is 3.87. The molecule has 0 bridgehead atoms. The van der Waals surface area contributed by atoms with Crippen LogP contribution in [0.4, 0.5) is 0 Å². The molecule has 1 unspecified atom stereocenters. The minimum absolute atomic E-state index is 0.00211. The van der Waals surface area contributed by atoms with Crippen molar-refractivity contribution in [3.8, 4) is 0 Å². The van der Waals surface area contributed by atoms with Crippen LogP contribution >= 0.6 is 43.6 Å². The number of hydrogen-bond acceptors (Lipinski definition) is 4. The molecule has 0 spiro atoms. The van der Waals surface area contributed by atoms with Crippen LogP contribution in [0, 0.1) is 0 Å². The molecule has 1 rings (SSSR count). The molecular weight excluding hydrogens is 434 g/mol. The summed E-state index contributed by atoms with van der Waals surface area (Å²) in [4.78, 5) is 11.1. The van der Waals surface area contributed by atoms with Crippen LogP contribution in [0.5, 0.6) is 0 Å². The zero-order valence-electron chi connectivity index (χ0n) is 10.5. The molecule has 0 saturated carbocycles. The molecule has 0 saturated heterocycles. The zero-order chi connectivity index (χ0) is 15.3. The van der Waals surface area contributed by atoms with Crippen LogP contribution in [0.3, 0.4) is 0 Å². The third kappa shape index (κ3) is 5.03. The third-order valence-electron chi connectivity index (χ3n) is 2.39. The van der Waals surface area contributed by atoms with Gasteiger partial charge >= 0.3 is 5.97 Å². The molecule has 1 aromatic carbocycles. The van der Waals surface area contributed by atoms with Crippen LogP contribution in [-0.2, 0) is 14.8 Å². The van der Waals surface area contributed by atoms with Crippen LogP contribution in [0.15, 0.2) is 32.0 Å². The highest BCUT2D eigenvalue weighted by molar-refractivity contribution is 9.11. The molecule has 0 aromatic heterocycles. The van der Waals surface area contributed by atoms with Gasteiger partial charge in [0.2, 0.25) is 10.0 Å². The Morgan fingerprint density at radius 3 is 2.65 bits per heavy atom. The monoisotopic (exact) mass is 445 g/mol. The molecule has 1 aromatic rings. The maximum atomic E-state index is 12.3. The van der Waals surface area contributed by atoms with E-state index in [2.05, 4.69) is 36.6 Å². The molecule has 0 fully saturated rings. The number of thioether (sulfide) groups is 1. The van der Waals surface area contributed by atoms with Crippen molar-refractivity contribution >= 4 is 59.6 Å². The lowest BCUT2D eigenvalue weighted by Crippen LogP contribution is -2.41. The first-order valence-corrected chi connectivity index (χ1v) is 9.93. The molecule has 5 nitrogen and oxygen atoms in total. The summed E-state index contributed by atoms with van der Waals surface area (Å²) in [6, 6.07) is 3.54. The predicted octanol–water partition coefficient (Wildman–Crippen LogP) is 2.70. The van der Waals surface area contributed by atoms with E-state index in [9.17, 15) is 13.2 Å². The summed E-state index contributed by atoms with van der Waals surface area (Å²) in [5, 5.41) is 9.08. The molecule has 0 amide bonds. The van der Waals surface area contributed by atoms with Gasteiger partial charge in [-0.2, -0.15) is 16.5 Å². The number of sulfonamides is 1. The van der Waals surface area contributed by atoms with E-state index in [4.69, 9.17) is 5.11 Å². The maximum absolute atomic E-state index is 12.3. The average molecular weight is 447 g/mol. The summed E-state index contributed by atoms with van der Waals surface area (Å²) in [6.07, 6.45) is 2.06. The summed E-state index contributed by atoms with van der Waals surface area (Å²) in [7, 11) is -3.91. The van der Waals surface area contributed by atoms with Crippen molar-refractivity contribution in [3.63, 3.8) is 0 Å². The van der Waals surface area contributed by atoms with Gasteiger partial charge in [0.15, 0.2) is 0 Å². The normalized spacial score (nSPS) is 13.2. The van der Waals surface area contributed by atoms with E-state index in [1.807, 2.05) is 6.26 Å². The number of halogens is 2. The Labute approximate surface area is 138 Å². The van der Waals surface area contributed by atoms with Crippen LogP contribution in [0.2, 0.25) is 0 Å². The number of rotatable bonds is 7. The van der Waals surface area contributed by atoms with Gasteiger partial charge in [0, 0.05) is 8.95 Å². The van der Waals surface area contributed by atoms with Crippen molar-refractivity contribution in [3.05, 3.63) is 27.1 Å². The Hall–Kier alpha value is -0.0900. The van der Waals surface area contributed by atoms with Gasteiger partial charge < -0.3 is 5.11 Å². The number of hydrogen-bond donors (Lipinski definition) is 2. The Morgan fingerprint density at radius 2 is 2.10 bits per heavy atom. The molecule has 9 heteroatoms. The fourth-order valence-corrected chi connectivity index (χ4v) is 4.60. The largest absolute Gasteiger partial charge is 0.480 e. The first kappa shape index (κ1) is 18.0. The summed E-state index contributed by atoms with van der Waals surface area (Å²) < 4.78 is 27.7. The minimum Gasteiger partial charge on any atom is -0.480 e. The smallest absolute Gasteiger partial charge is 0.321 e. The van der Waals surface area contributed by atoms with Crippen LogP contribution in [0.1, 0.15) is 6.42 Å². The fraction of sp³-hybridized carbons (Fsp3) is 0.364. The topological polar surface area (TPSA) is 83.5 Å². The first-order valence-electron chi connectivity index (χ1n) is 5.47. The molecule has 0 heterocycles. The van der Waals surface area contributed by atoms with Crippen LogP contribution in [-0.4, -0.2) is 37.5 Å². The van der Waals surface area contributed by atoms with Crippen LogP contribution < -0.4 is 4.72 Å². The third-order valence-corrected chi connectivity index (χ3v) is 5.99. The summed E-state index contributed by atoms with van der Waals surface area (Å²) in [5.41, 5.74) is 0. The van der Waals surface area contributed by atoms with E-state index in [0.29, 0.717) is 14.7 Å². The summed E-state index contributed by atoms with van der Waals surface area (Å²) in [5.74, 6) is -0.632. The van der Waals surface area contributed by atoms with Crippen molar-refractivity contribution in [1.29, 1.82) is 0 Å². The van der Waals surface area contributed by atoms with Gasteiger partial charge in [-0.25, -0.2) is 8.42 Å². The quantitative estimate of drug-likeness (QED) is 0.672. The highest BCUT2D eigenvalue weighted by atomic mass is 79.9. The van der Waals surface area contributed by atoms with Crippen molar-refractivity contribution in [2.45, 2.75) is 17.4 Å². The molecule has 1 atom stereocenters. The zero-order valence-corrected chi connectivity index (χ0v) is 15.3. The van der Waals surface area contributed by atoms with Crippen molar-refractivity contribution in [2.24, 2.45) is 0 Å². The lowest BCUT2D eigenvalue weighted by Gasteiger charge is -2.15. The highest BCUT2D eigenvalue weighted by Gasteiger charge is 2.26. The Kier molecular flexibility index (Phi) is 6.99. The van der Waals surface area contributed by atoms with E-state index < -0.39 is 22.0 Å². The number of benzene rings is 1. The van der Waals surface area contributed by atoms with E-state index in [0.717, 1.165) is 0 Å². The lowest BCUT2D eigenvalue weighted by atomic mass is 10.2. The van der Waals surface area contributed by atoms with Gasteiger partial charge in [0.1, 0.15) is 6.04 Å². The summed E-state index contributed by atoms with van der Waals surface area (Å²) in [6.45, 7) is 0. The molecular formula is C11H13Br2NO4S2. The van der Waals surface area contributed by atoms with Gasteiger partial charge in [-0.15, -0.1) is 0 Å². The first-order chi connectivity index (χ1) is 9.27. The lowest BCUT2D eigenvalue weighted by molar-refractivity contribution is -0.139. The van der Waals surface area contributed by atoms with Gasteiger partial charge in [-0.05, 0) is 52.6 Å². The Balaban J connectivity index is 3.03. The fourth-order valence-electron chi connectivity index (χ4n) is 1.40. The van der Waals surface area contributed by atoms with Crippen LogP contribution in [0.25, 0.3) is 0 Å². The number of carbonyl (C=O) groups is 1. The second-order valence-corrected chi connectivity index (χ2v) is 8.31. The van der Waals surface area contributed by atoms with Gasteiger partial charge in [-0.3, -0.25) is 4.79 Å². The molecule has 112 valence electrons. The second kappa shape index (κ2) is 7.79. The van der Waals surface area contributed by atoms with E-state index in [1.54, 1.807) is 12.1 Å². The molecule has 20 heavy (non-hydrogen) atoms. The van der Waals surface area contributed by atoms with E-state index in [-0.39, 0.29) is 11.3 Å².